The van der Waals surface area contributed by atoms with Crippen molar-refractivity contribution in [2.45, 2.75) is 38.9 Å². The monoisotopic (exact) mass is 494 g/mol. The predicted octanol–water partition coefficient (Wildman–Crippen LogP) is 4.87. The van der Waals surface area contributed by atoms with Gasteiger partial charge in [-0.25, -0.2) is 4.79 Å². The Kier molecular flexibility index (Phi) is 6.59. The van der Waals surface area contributed by atoms with Gasteiger partial charge in [0.25, 0.3) is 0 Å². The molecule has 3 atom stereocenters. The number of phenolic OH excluding ortho intramolecular Hbond substituents is 1. The molecule has 0 saturated carbocycles. The van der Waals surface area contributed by atoms with E-state index in [4.69, 9.17) is 13.9 Å². The fourth-order valence-corrected chi connectivity index (χ4v) is 6.10. The van der Waals surface area contributed by atoms with Crippen LogP contribution in [0.15, 0.2) is 53.8 Å². The van der Waals surface area contributed by atoms with Gasteiger partial charge in [0.15, 0.2) is 11.6 Å². The van der Waals surface area contributed by atoms with Crippen molar-refractivity contribution in [2.75, 3.05) is 13.7 Å². The number of rotatable bonds is 6. The number of methoxy groups -OCH3 is 1. The number of ether oxygens (including phenoxy) is 2. The molecule has 0 bridgehead atoms. The summed E-state index contributed by atoms with van der Waals surface area (Å²) in [5, 5.41) is 10.5. The summed E-state index contributed by atoms with van der Waals surface area (Å²) in [7, 11) is -0.702. The van der Waals surface area contributed by atoms with Crippen LogP contribution in [0.5, 0.6) is 11.5 Å². The molecule has 2 aromatic rings. The number of phenols is 1. The van der Waals surface area contributed by atoms with Crippen LogP contribution in [0, 0.1) is 11.8 Å². The van der Waals surface area contributed by atoms with Crippen molar-refractivity contribution in [1.82, 2.24) is 0 Å². The minimum atomic E-state index is -2.22. The zero-order valence-electron chi connectivity index (χ0n) is 20.6. The van der Waals surface area contributed by atoms with Crippen molar-refractivity contribution in [2.24, 2.45) is 11.8 Å². The molecule has 0 heterocycles. The molecule has 8 heteroatoms. The van der Waals surface area contributed by atoms with Gasteiger partial charge in [0.1, 0.15) is 11.5 Å². The molecule has 0 aliphatic heterocycles. The molecule has 0 radical (unpaired) electrons. The van der Waals surface area contributed by atoms with Gasteiger partial charge in [0, 0.05) is 35.3 Å². The summed E-state index contributed by atoms with van der Waals surface area (Å²) in [5.74, 6) is -3.11. The second-order valence-corrected chi connectivity index (χ2v) is 14.2. The second kappa shape index (κ2) is 9.34. The molecule has 0 aromatic heterocycles. The Labute approximate surface area is 205 Å². The number of aromatic hydroxyl groups is 1. The molecular weight excluding hydrogens is 464 g/mol. The van der Waals surface area contributed by atoms with Gasteiger partial charge in [-0.15, -0.1) is 0 Å². The lowest BCUT2D eigenvalue weighted by molar-refractivity contribution is -0.139. The standard InChI is InChI=1S/C27H30O7Si/c1-6-33-27(31)24-20(34-35(3,4)5)14-17-23(22(24)15-10-7-8-13-19(15)32-2)26(30)21-16(25(17)29)11-9-12-18(21)28/h7-13,17,22-23,28H,6,14H2,1-5H3/t17-,22-,23-/m1/s1. The second-order valence-electron chi connectivity index (χ2n) is 9.76. The van der Waals surface area contributed by atoms with Crippen molar-refractivity contribution in [1.29, 1.82) is 0 Å². The van der Waals surface area contributed by atoms with Crippen LogP contribution in [0.1, 0.15) is 45.5 Å². The lowest BCUT2D eigenvalue weighted by Gasteiger charge is -2.42. The Hall–Kier alpha value is -3.39. The van der Waals surface area contributed by atoms with E-state index in [9.17, 15) is 19.5 Å². The minimum Gasteiger partial charge on any atom is -0.547 e. The van der Waals surface area contributed by atoms with E-state index >= 15 is 0 Å². The molecule has 2 aromatic carbocycles. The van der Waals surface area contributed by atoms with E-state index in [0.717, 1.165) is 0 Å². The summed E-state index contributed by atoms with van der Waals surface area (Å²) in [6.45, 7) is 7.84. The lowest BCUT2D eigenvalue weighted by atomic mass is 9.60. The number of carbonyl (C=O) groups is 3. The minimum absolute atomic E-state index is 0.00331. The van der Waals surface area contributed by atoms with Crippen LogP contribution in [0.3, 0.4) is 0 Å². The maximum atomic E-state index is 14.0. The van der Waals surface area contributed by atoms with Crippen LogP contribution in [-0.2, 0) is 14.0 Å². The third-order valence-corrected chi connectivity index (χ3v) is 7.26. The highest BCUT2D eigenvalue weighted by Crippen LogP contribution is 2.53. The van der Waals surface area contributed by atoms with Gasteiger partial charge in [-0.1, -0.05) is 30.3 Å². The van der Waals surface area contributed by atoms with E-state index in [1.165, 1.54) is 13.2 Å². The highest BCUT2D eigenvalue weighted by Gasteiger charge is 2.54. The summed E-state index contributed by atoms with van der Waals surface area (Å²) in [6.07, 6.45) is 0.106. The van der Waals surface area contributed by atoms with Crippen molar-refractivity contribution in [3.63, 3.8) is 0 Å². The molecule has 1 N–H and O–H groups in total. The maximum Gasteiger partial charge on any atom is 0.338 e. The summed E-state index contributed by atoms with van der Waals surface area (Å²) in [4.78, 5) is 41.1. The highest BCUT2D eigenvalue weighted by molar-refractivity contribution is 6.70. The first kappa shape index (κ1) is 24.7. The Balaban J connectivity index is 2.03. The Morgan fingerprint density at radius 2 is 1.77 bits per heavy atom. The third kappa shape index (κ3) is 4.38. The molecular formula is C27H30O7Si. The normalized spacial score (nSPS) is 21.8. The topological polar surface area (TPSA) is 99.1 Å². The van der Waals surface area contributed by atoms with Gasteiger partial charge in [-0.3, -0.25) is 9.59 Å². The largest absolute Gasteiger partial charge is 0.547 e. The number of ketones is 2. The fraction of sp³-hybridized carbons (Fsp3) is 0.370. The average Bonchev–Trinajstić information content (AvgIpc) is 2.80. The van der Waals surface area contributed by atoms with Crippen LogP contribution in [-0.4, -0.2) is 44.7 Å². The van der Waals surface area contributed by atoms with Crippen LogP contribution < -0.4 is 4.74 Å². The molecule has 35 heavy (non-hydrogen) atoms. The Bertz CT molecular complexity index is 1220. The van der Waals surface area contributed by atoms with Crippen molar-refractivity contribution in [3.05, 3.63) is 70.5 Å². The number of hydrogen-bond donors (Lipinski definition) is 1. The van der Waals surface area contributed by atoms with Gasteiger partial charge in [-0.05, 0) is 38.7 Å². The maximum absolute atomic E-state index is 14.0. The van der Waals surface area contributed by atoms with E-state index in [-0.39, 0.29) is 47.0 Å². The van der Waals surface area contributed by atoms with E-state index in [1.807, 2.05) is 19.6 Å². The fourth-order valence-electron chi connectivity index (χ4n) is 5.17. The molecule has 0 spiro atoms. The number of hydrogen-bond acceptors (Lipinski definition) is 7. The number of esters is 1. The van der Waals surface area contributed by atoms with Gasteiger partial charge < -0.3 is 19.0 Å². The van der Waals surface area contributed by atoms with Crippen molar-refractivity contribution in [3.8, 4) is 11.5 Å². The van der Waals surface area contributed by atoms with E-state index in [0.29, 0.717) is 17.1 Å². The van der Waals surface area contributed by atoms with Crippen molar-refractivity contribution >= 4 is 25.9 Å². The summed E-state index contributed by atoms with van der Waals surface area (Å²) in [6, 6.07) is 11.6. The van der Waals surface area contributed by atoms with Gasteiger partial charge in [0.05, 0.1) is 30.6 Å². The predicted molar refractivity (Wildman–Crippen MR) is 132 cm³/mol. The molecule has 0 saturated heterocycles. The first-order valence-corrected chi connectivity index (χ1v) is 15.1. The lowest BCUT2D eigenvalue weighted by Crippen LogP contribution is -2.46. The van der Waals surface area contributed by atoms with E-state index < -0.39 is 32.0 Å². The molecule has 0 fully saturated rings. The van der Waals surface area contributed by atoms with E-state index in [1.54, 1.807) is 43.3 Å². The number of para-hydroxylation sites is 1. The smallest absolute Gasteiger partial charge is 0.338 e. The van der Waals surface area contributed by atoms with Crippen LogP contribution in [0.25, 0.3) is 0 Å². The summed E-state index contributed by atoms with van der Waals surface area (Å²) in [5.41, 5.74) is 1.02. The quantitative estimate of drug-likeness (QED) is 0.452. The number of allylic oxidation sites excluding steroid dienone is 1. The molecule has 2 aliphatic rings. The number of fused-ring (bicyclic) bond motifs is 2. The van der Waals surface area contributed by atoms with Crippen LogP contribution in [0.4, 0.5) is 0 Å². The molecule has 4 rings (SSSR count). The van der Waals surface area contributed by atoms with Crippen molar-refractivity contribution < 1.29 is 33.4 Å². The SMILES string of the molecule is CCOC(=O)C1=C(O[Si](C)(C)C)C[C@H]2C(=O)c3cccc(O)c3C(=O)[C@H]2[C@H]1c1ccccc1OC. The molecule has 0 unspecified atom stereocenters. The zero-order chi connectivity index (χ0) is 25.5. The molecule has 0 amide bonds. The number of carbonyl (C=O) groups excluding carboxylic acids is 3. The first-order chi connectivity index (χ1) is 16.6. The molecule has 2 aliphatic carbocycles. The molecule has 7 nitrogen and oxygen atoms in total. The number of Topliss-reactive ketones (excluding diaryl/α,β-unsaturated/α-hetero) is 2. The summed E-state index contributed by atoms with van der Waals surface area (Å²) >= 11 is 0. The highest BCUT2D eigenvalue weighted by atomic mass is 28.4. The van der Waals surface area contributed by atoms with Crippen LogP contribution in [0.2, 0.25) is 19.6 Å². The van der Waals surface area contributed by atoms with E-state index in [2.05, 4.69) is 0 Å². The first-order valence-electron chi connectivity index (χ1n) is 11.7. The van der Waals surface area contributed by atoms with Crippen LogP contribution >= 0.6 is 0 Å². The number of benzene rings is 2. The average molecular weight is 495 g/mol. The Morgan fingerprint density at radius 3 is 2.43 bits per heavy atom. The van der Waals surface area contributed by atoms with Gasteiger partial charge in [0.2, 0.25) is 8.32 Å². The Morgan fingerprint density at radius 1 is 1.06 bits per heavy atom. The van der Waals surface area contributed by atoms with Gasteiger partial charge in [-0.2, -0.15) is 0 Å². The van der Waals surface area contributed by atoms with Gasteiger partial charge >= 0.3 is 5.97 Å². The third-order valence-electron chi connectivity index (χ3n) is 6.40. The summed E-state index contributed by atoms with van der Waals surface area (Å²) < 4.78 is 17.4. The zero-order valence-corrected chi connectivity index (χ0v) is 21.6. The molecule has 184 valence electrons.